The van der Waals surface area contributed by atoms with Gasteiger partial charge in [-0.1, -0.05) is 0 Å². The Kier molecular flexibility index (Phi) is 7.14. The second kappa shape index (κ2) is 7.82. The lowest BCUT2D eigenvalue weighted by Crippen LogP contribution is -2.55. The Morgan fingerprint density at radius 3 is 2.00 bits per heavy atom. The van der Waals surface area contributed by atoms with Gasteiger partial charge in [0, 0.05) is 0 Å². The number of methoxy groups -OCH3 is 1. The van der Waals surface area contributed by atoms with Crippen molar-refractivity contribution in [1.29, 1.82) is 0 Å². The average molecular weight is 304 g/mol. The zero-order valence-electron chi connectivity index (χ0n) is 13.2. The molecule has 21 heavy (non-hydrogen) atoms. The van der Waals surface area contributed by atoms with Gasteiger partial charge >= 0.3 is 12.1 Å². The summed E-state index contributed by atoms with van der Waals surface area (Å²) in [5.41, 5.74) is -0.733. The van der Waals surface area contributed by atoms with E-state index in [0.717, 1.165) is 0 Å². The number of hydrogen-bond acceptors (Lipinski definition) is 6. The van der Waals surface area contributed by atoms with Crippen molar-refractivity contribution in [2.75, 3.05) is 7.11 Å². The summed E-state index contributed by atoms with van der Waals surface area (Å²) in [6, 6.07) is -2.14. The van der Waals surface area contributed by atoms with Crippen molar-refractivity contribution in [3.05, 3.63) is 0 Å². The van der Waals surface area contributed by atoms with E-state index >= 15 is 0 Å². The Morgan fingerprint density at radius 1 is 1.10 bits per heavy atom. The summed E-state index contributed by atoms with van der Waals surface area (Å²) in [6.07, 6.45) is -2.00. The monoisotopic (exact) mass is 304 g/mol. The number of rotatable bonds is 5. The molecule has 8 heteroatoms. The fourth-order valence-electron chi connectivity index (χ4n) is 1.38. The second-order valence-corrected chi connectivity index (χ2v) is 5.62. The first-order valence-electron chi connectivity index (χ1n) is 6.53. The standard InChI is InChI=1S/C13H24N2O6/c1-7(11(18)20-6)14-10(17)9(8(2)16)15-12(19)21-13(3,4)5/h7-9,16H,1-6H3,(H,14,17)(H,15,19)/t7-,8+,9-/m0/s1. The number of nitrogens with one attached hydrogen (secondary N) is 2. The first kappa shape index (κ1) is 19.2. The molecule has 0 aromatic carbocycles. The SMILES string of the molecule is COC(=O)[C@H](C)NC(=O)[C@@H](NC(=O)OC(C)(C)C)[C@@H](C)O. The Hall–Kier alpha value is -1.83. The third-order valence-corrected chi connectivity index (χ3v) is 2.35. The van der Waals surface area contributed by atoms with Crippen LogP contribution in [0.2, 0.25) is 0 Å². The van der Waals surface area contributed by atoms with Gasteiger partial charge in [-0.3, -0.25) is 4.79 Å². The highest BCUT2D eigenvalue weighted by atomic mass is 16.6. The highest BCUT2D eigenvalue weighted by molar-refractivity contribution is 5.89. The topological polar surface area (TPSA) is 114 Å². The van der Waals surface area contributed by atoms with Gasteiger partial charge in [-0.25, -0.2) is 9.59 Å². The van der Waals surface area contributed by atoms with Gasteiger partial charge < -0.3 is 25.2 Å². The van der Waals surface area contributed by atoms with E-state index in [2.05, 4.69) is 15.4 Å². The molecule has 0 saturated heterocycles. The van der Waals surface area contributed by atoms with Crippen molar-refractivity contribution in [3.63, 3.8) is 0 Å². The Balaban J connectivity index is 4.72. The van der Waals surface area contributed by atoms with Gasteiger partial charge in [0.05, 0.1) is 13.2 Å². The van der Waals surface area contributed by atoms with Crippen LogP contribution in [-0.4, -0.2) is 54.0 Å². The molecule has 0 aromatic rings. The summed E-state index contributed by atoms with van der Waals surface area (Å²) in [7, 11) is 1.19. The largest absolute Gasteiger partial charge is 0.467 e. The Morgan fingerprint density at radius 2 is 1.62 bits per heavy atom. The van der Waals surface area contributed by atoms with E-state index in [9.17, 15) is 19.5 Å². The molecule has 8 nitrogen and oxygen atoms in total. The molecule has 0 aliphatic heterocycles. The molecule has 0 aliphatic carbocycles. The van der Waals surface area contributed by atoms with E-state index in [1.165, 1.54) is 21.0 Å². The van der Waals surface area contributed by atoms with Crippen LogP contribution in [0.5, 0.6) is 0 Å². The predicted molar refractivity (Wildman–Crippen MR) is 74.5 cm³/mol. The summed E-state index contributed by atoms with van der Waals surface area (Å²) in [4.78, 5) is 34.8. The van der Waals surface area contributed by atoms with E-state index < -0.39 is 41.8 Å². The van der Waals surface area contributed by atoms with Crippen molar-refractivity contribution >= 4 is 18.0 Å². The van der Waals surface area contributed by atoms with Crippen LogP contribution in [0.3, 0.4) is 0 Å². The summed E-state index contributed by atoms with van der Waals surface area (Å²) >= 11 is 0. The predicted octanol–water partition coefficient (Wildman–Crippen LogP) is -0.0618. The van der Waals surface area contributed by atoms with E-state index in [-0.39, 0.29) is 0 Å². The first-order valence-corrected chi connectivity index (χ1v) is 6.53. The normalized spacial score (nSPS) is 15.4. The molecule has 0 aliphatic rings. The number of aliphatic hydroxyl groups is 1. The second-order valence-electron chi connectivity index (χ2n) is 5.62. The van der Waals surface area contributed by atoms with Crippen LogP contribution in [0, 0.1) is 0 Å². The maximum absolute atomic E-state index is 12.0. The molecule has 2 amide bonds. The number of carbonyl (C=O) groups excluding carboxylic acids is 3. The Labute approximate surface area is 124 Å². The van der Waals surface area contributed by atoms with Gasteiger partial charge in [0.1, 0.15) is 17.7 Å². The maximum atomic E-state index is 12.0. The van der Waals surface area contributed by atoms with Gasteiger partial charge in [-0.15, -0.1) is 0 Å². The average Bonchev–Trinajstić information content (AvgIpc) is 2.31. The molecule has 3 atom stereocenters. The quantitative estimate of drug-likeness (QED) is 0.613. The fraction of sp³-hybridized carbons (Fsp3) is 0.769. The Bertz CT molecular complexity index is 389. The van der Waals surface area contributed by atoms with E-state index in [1.807, 2.05) is 0 Å². The van der Waals surface area contributed by atoms with E-state index in [0.29, 0.717) is 0 Å². The van der Waals surface area contributed by atoms with Crippen molar-refractivity contribution in [1.82, 2.24) is 10.6 Å². The highest BCUT2D eigenvalue weighted by Crippen LogP contribution is 2.07. The molecule has 0 rings (SSSR count). The number of amides is 2. The lowest BCUT2D eigenvalue weighted by molar-refractivity contribution is -0.145. The van der Waals surface area contributed by atoms with Crippen LogP contribution < -0.4 is 10.6 Å². The number of esters is 1. The van der Waals surface area contributed by atoms with Crippen molar-refractivity contribution in [2.45, 2.75) is 58.4 Å². The van der Waals surface area contributed by atoms with Crippen LogP contribution >= 0.6 is 0 Å². The van der Waals surface area contributed by atoms with Gasteiger partial charge in [0.2, 0.25) is 5.91 Å². The molecule has 0 aromatic heterocycles. The molecule has 0 heterocycles. The van der Waals surface area contributed by atoms with E-state index in [1.54, 1.807) is 20.8 Å². The molecule has 0 bridgehead atoms. The number of hydrogen-bond donors (Lipinski definition) is 3. The number of alkyl carbamates (subject to hydrolysis) is 1. The molecule has 0 radical (unpaired) electrons. The first-order chi connectivity index (χ1) is 9.47. The van der Waals surface area contributed by atoms with E-state index in [4.69, 9.17) is 4.74 Å². The zero-order valence-corrected chi connectivity index (χ0v) is 13.2. The van der Waals surface area contributed by atoms with Crippen LogP contribution in [0.1, 0.15) is 34.6 Å². The third-order valence-electron chi connectivity index (χ3n) is 2.35. The van der Waals surface area contributed by atoms with Crippen LogP contribution in [0.25, 0.3) is 0 Å². The highest BCUT2D eigenvalue weighted by Gasteiger charge is 2.30. The minimum absolute atomic E-state index is 0.634. The lowest BCUT2D eigenvalue weighted by Gasteiger charge is -2.25. The number of ether oxygens (including phenoxy) is 2. The zero-order chi connectivity index (χ0) is 16.8. The van der Waals surface area contributed by atoms with Gasteiger partial charge in [0.15, 0.2) is 0 Å². The molecule has 0 unspecified atom stereocenters. The van der Waals surface area contributed by atoms with Crippen molar-refractivity contribution in [3.8, 4) is 0 Å². The van der Waals surface area contributed by atoms with Crippen LogP contribution in [0.4, 0.5) is 4.79 Å². The molecular weight excluding hydrogens is 280 g/mol. The molecular formula is C13H24N2O6. The van der Waals surface area contributed by atoms with Gasteiger partial charge in [0.25, 0.3) is 0 Å². The summed E-state index contributed by atoms with van der Waals surface area (Å²) in [6.45, 7) is 7.77. The summed E-state index contributed by atoms with van der Waals surface area (Å²) in [5, 5.41) is 14.2. The molecule has 0 fully saturated rings. The van der Waals surface area contributed by atoms with Gasteiger partial charge in [-0.05, 0) is 34.6 Å². The van der Waals surface area contributed by atoms with Crippen LogP contribution in [-0.2, 0) is 19.1 Å². The number of aliphatic hydroxyl groups excluding tert-OH is 1. The van der Waals surface area contributed by atoms with Gasteiger partial charge in [-0.2, -0.15) is 0 Å². The molecule has 3 N–H and O–H groups in total. The van der Waals surface area contributed by atoms with Crippen molar-refractivity contribution < 1.29 is 29.0 Å². The fourth-order valence-corrected chi connectivity index (χ4v) is 1.38. The minimum Gasteiger partial charge on any atom is -0.467 e. The molecule has 0 saturated carbocycles. The minimum atomic E-state index is -1.24. The maximum Gasteiger partial charge on any atom is 0.408 e. The lowest BCUT2D eigenvalue weighted by atomic mass is 10.1. The summed E-state index contributed by atoms with van der Waals surface area (Å²) in [5.74, 6) is -1.35. The van der Waals surface area contributed by atoms with Crippen LogP contribution in [0.15, 0.2) is 0 Å². The van der Waals surface area contributed by atoms with Crippen molar-refractivity contribution in [2.24, 2.45) is 0 Å². The molecule has 0 spiro atoms. The third kappa shape index (κ3) is 7.50. The number of carbonyl (C=O) groups is 3. The molecule has 122 valence electrons. The summed E-state index contributed by atoms with van der Waals surface area (Å²) < 4.78 is 9.48. The smallest absolute Gasteiger partial charge is 0.408 e.